The van der Waals surface area contributed by atoms with Crippen LogP contribution in [-0.2, 0) is 9.59 Å². The first-order valence-electron chi connectivity index (χ1n) is 5.31. The molecule has 1 atom stereocenters. The van der Waals surface area contributed by atoms with Gasteiger partial charge in [0.25, 0.3) is 0 Å². The van der Waals surface area contributed by atoms with Gasteiger partial charge in [-0.3, -0.25) is 9.59 Å². The van der Waals surface area contributed by atoms with Gasteiger partial charge in [0.05, 0.1) is 12.5 Å². The minimum Gasteiger partial charge on any atom is -0.353 e. The van der Waals surface area contributed by atoms with E-state index in [1.54, 1.807) is 6.08 Å². The number of amides is 2. The Morgan fingerprint density at radius 1 is 1.59 bits per heavy atom. The van der Waals surface area contributed by atoms with Crippen molar-refractivity contribution in [1.82, 2.24) is 10.6 Å². The Labute approximate surface area is 105 Å². The van der Waals surface area contributed by atoms with Crippen LogP contribution in [0, 0.1) is 0 Å². The van der Waals surface area contributed by atoms with Crippen LogP contribution in [0.1, 0.15) is 24.3 Å². The SMILES string of the molecule is C=CCNC(=O)C[C@@H](NC(C)=O)c1cccs1. The summed E-state index contributed by atoms with van der Waals surface area (Å²) in [6.07, 6.45) is 1.87. The third kappa shape index (κ3) is 4.82. The fraction of sp³-hybridized carbons (Fsp3) is 0.333. The molecule has 17 heavy (non-hydrogen) atoms. The molecular formula is C12H16N2O2S. The highest BCUT2D eigenvalue weighted by atomic mass is 32.1. The first-order chi connectivity index (χ1) is 8.13. The lowest BCUT2D eigenvalue weighted by molar-refractivity contribution is -0.122. The number of hydrogen-bond donors (Lipinski definition) is 2. The largest absolute Gasteiger partial charge is 0.353 e. The lowest BCUT2D eigenvalue weighted by atomic mass is 10.1. The van der Waals surface area contributed by atoms with E-state index < -0.39 is 0 Å². The molecule has 2 amide bonds. The van der Waals surface area contributed by atoms with Crippen molar-refractivity contribution in [3.63, 3.8) is 0 Å². The maximum atomic E-state index is 11.6. The molecule has 1 aromatic heterocycles. The van der Waals surface area contributed by atoms with E-state index in [2.05, 4.69) is 17.2 Å². The van der Waals surface area contributed by atoms with Crippen molar-refractivity contribution in [3.8, 4) is 0 Å². The number of thiophene rings is 1. The molecular weight excluding hydrogens is 236 g/mol. The van der Waals surface area contributed by atoms with Gasteiger partial charge in [0.15, 0.2) is 0 Å². The molecule has 1 rings (SSSR count). The molecule has 0 spiro atoms. The molecule has 5 heteroatoms. The summed E-state index contributed by atoms with van der Waals surface area (Å²) < 4.78 is 0. The fourth-order valence-corrected chi connectivity index (χ4v) is 2.18. The Morgan fingerprint density at radius 2 is 2.35 bits per heavy atom. The average Bonchev–Trinajstić information content (AvgIpc) is 2.78. The molecule has 0 unspecified atom stereocenters. The highest BCUT2D eigenvalue weighted by Crippen LogP contribution is 2.21. The van der Waals surface area contributed by atoms with Gasteiger partial charge in [-0.25, -0.2) is 0 Å². The summed E-state index contributed by atoms with van der Waals surface area (Å²) in [4.78, 5) is 23.7. The van der Waals surface area contributed by atoms with E-state index in [4.69, 9.17) is 0 Å². The van der Waals surface area contributed by atoms with Crippen molar-refractivity contribution in [2.24, 2.45) is 0 Å². The average molecular weight is 252 g/mol. The third-order valence-electron chi connectivity index (χ3n) is 2.10. The number of rotatable bonds is 6. The van der Waals surface area contributed by atoms with E-state index in [1.165, 1.54) is 18.3 Å². The van der Waals surface area contributed by atoms with E-state index in [9.17, 15) is 9.59 Å². The minimum atomic E-state index is -0.252. The molecule has 92 valence electrons. The highest BCUT2D eigenvalue weighted by molar-refractivity contribution is 7.10. The van der Waals surface area contributed by atoms with Gasteiger partial charge in [0.2, 0.25) is 11.8 Å². The molecule has 1 heterocycles. The topological polar surface area (TPSA) is 58.2 Å². The lowest BCUT2D eigenvalue weighted by Crippen LogP contribution is -2.32. The summed E-state index contributed by atoms with van der Waals surface area (Å²) >= 11 is 1.52. The molecule has 0 aliphatic rings. The molecule has 0 aliphatic carbocycles. The molecule has 0 fully saturated rings. The summed E-state index contributed by atoms with van der Waals surface area (Å²) in [6.45, 7) is 5.41. The second-order valence-electron chi connectivity index (χ2n) is 3.57. The van der Waals surface area contributed by atoms with Gasteiger partial charge in [-0.1, -0.05) is 12.1 Å². The second-order valence-corrected chi connectivity index (χ2v) is 4.54. The van der Waals surface area contributed by atoms with Crippen LogP contribution in [0.4, 0.5) is 0 Å². The quantitative estimate of drug-likeness (QED) is 0.756. The monoisotopic (exact) mass is 252 g/mol. The fourth-order valence-electron chi connectivity index (χ4n) is 1.40. The normalized spacial score (nSPS) is 11.6. The zero-order valence-electron chi connectivity index (χ0n) is 9.73. The lowest BCUT2D eigenvalue weighted by Gasteiger charge is -2.15. The zero-order chi connectivity index (χ0) is 12.7. The van der Waals surface area contributed by atoms with Crippen LogP contribution in [0.3, 0.4) is 0 Å². The van der Waals surface area contributed by atoms with Crippen LogP contribution in [0.25, 0.3) is 0 Å². The van der Waals surface area contributed by atoms with Crippen molar-refractivity contribution < 1.29 is 9.59 Å². The van der Waals surface area contributed by atoms with Gasteiger partial charge in [0, 0.05) is 18.3 Å². The van der Waals surface area contributed by atoms with E-state index in [-0.39, 0.29) is 24.3 Å². The molecule has 0 aromatic carbocycles. The molecule has 0 saturated heterocycles. The summed E-state index contributed by atoms with van der Waals surface area (Å²) in [6, 6.07) is 3.56. The first kappa shape index (κ1) is 13.4. The van der Waals surface area contributed by atoms with Crippen molar-refractivity contribution >= 4 is 23.2 Å². The standard InChI is InChI=1S/C12H16N2O2S/c1-3-6-13-12(16)8-10(14-9(2)15)11-5-4-7-17-11/h3-5,7,10H,1,6,8H2,2H3,(H,13,16)(H,14,15)/t10-/m1/s1. The number of carbonyl (C=O) groups is 2. The summed E-state index contributed by atoms with van der Waals surface area (Å²) in [5, 5.41) is 7.39. The minimum absolute atomic E-state index is 0.1000. The Hall–Kier alpha value is -1.62. The van der Waals surface area contributed by atoms with Crippen LogP contribution in [0.5, 0.6) is 0 Å². The van der Waals surface area contributed by atoms with Crippen molar-refractivity contribution in [2.75, 3.05) is 6.54 Å². The van der Waals surface area contributed by atoms with Crippen molar-refractivity contribution in [3.05, 3.63) is 35.0 Å². The predicted molar refractivity (Wildman–Crippen MR) is 68.7 cm³/mol. The third-order valence-corrected chi connectivity index (χ3v) is 3.08. The van der Waals surface area contributed by atoms with Gasteiger partial charge < -0.3 is 10.6 Å². The number of nitrogens with one attached hydrogen (secondary N) is 2. The van der Waals surface area contributed by atoms with Crippen LogP contribution >= 0.6 is 11.3 Å². The number of hydrogen-bond acceptors (Lipinski definition) is 3. The first-order valence-corrected chi connectivity index (χ1v) is 6.19. The molecule has 4 nitrogen and oxygen atoms in total. The number of carbonyl (C=O) groups excluding carboxylic acids is 2. The molecule has 0 saturated carbocycles. The van der Waals surface area contributed by atoms with E-state index >= 15 is 0 Å². The molecule has 0 radical (unpaired) electrons. The summed E-state index contributed by atoms with van der Waals surface area (Å²) in [7, 11) is 0. The van der Waals surface area contributed by atoms with Gasteiger partial charge in [-0.05, 0) is 11.4 Å². The Bertz CT molecular complexity index is 387. The Kier molecular flexibility index (Phi) is 5.42. The summed E-state index contributed by atoms with van der Waals surface area (Å²) in [5.41, 5.74) is 0. The predicted octanol–water partition coefficient (Wildman–Crippen LogP) is 1.62. The zero-order valence-corrected chi connectivity index (χ0v) is 10.5. The molecule has 0 bridgehead atoms. The van der Waals surface area contributed by atoms with E-state index in [1.807, 2.05) is 17.5 Å². The van der Waals surface area contributed by atoms with E-state index in [0.29, 0.717) is 6.54 Å². The van der Waals surface area contributed by atoms with Gasteiger partial charge in [-0.15, -0.1) is 17.9 Å². The van der Waals surface area contributed by atoms with Crippen molar-refractivity contribution in [1.29, 1.82) is 0 Å². The van der Waals surface area contributed by atoms with Crippen LogP contribution in [0.2, 0.25) is 0 Å². The van der Waals surface area contributed by atoms with Gasteiger partial charge >= 0.3 is 0 Å². The van der Waals surface area contributed by atoms with Crippen LogP contribution in [0.15, 0.2) is 30.2 Å². The molecule has 1 aromatic rings. The van der Waals surface area contributed by atoms with Crippen molar-refractivity contribution in [2.45, 2.75) is 19.4 Å². The van der Waals surface area contributed by atoms with Gasteiger partial charge in [0.1, 0.15) is 0 Å². The summed E-state index contributed by atoms with van der Waals surface area (Å²) in [5.74, 6) is -0.239. The molecule has 0 aliphatic heterocycles. The van der Waals surface area contributed by atoms with E-state index in [0.717, 1.165) is 4.88 Å². The maximum absolute atomic E-state index is 11.6. The van der Waals surface area contributed by atoms with Gasteiger partial charge in [-0.2, -0.15) is 0 Å². The van der Waals surface area contributed by atoms with Crippen LogP contribution < -0.4 is 10.6 Å². The highest BCUT2D eigenvalue weighted by Gasteiger charge is 2.17. The van der Waals surface area contributed by atoms with Crippen LogP contribution in [-0.4, -0.2) is 18.4 Å². The Morgan fingerprint density at radius 3 is 2.88 bits per heavy atom. The maximum Gasteiger partial charge on any atom is 0.222 e. The second kappa shape index (κ2) is 6.85. The smallest absolute Gasteiger partial charge is 0.222 e. The molecule has 2 N–H and O–H groups in total. The Balaban J connectivity index is 2.61.